The number of anilines is 1. The molecule has 0 unspecified atom stereocenters. The summed E-state index contributed by atoms with van der Waals surface area (Å²) in [4.78, 5) is 0. The maximum Gasteiger partial charge on any atom is 0.134 e. The van der Waals surface area contributed by atoms with Crippen LogP contribution in [0, 0.1) is 12.7 Å². The van der Waals surface area contributed by atoms with E-state index in [1.807, 2.05) is 0 Å². The average Bonchev–Trinajstić information content (AvgIpc) is 2.12. The predicted molar refractivity (Wildman–Crippen MR) is 51.9 cm³/mol. The van der Waals surface area contributed by atoms with Crippen molar-refractivity contribution in [3.05, 3.63) is 35.3 Å². The highest BCUT2D eigenvalue weighted by molar-refractivity contribution is 5.75. The normalized spacial score (nSPS) is 11.7. The van der Waals surface area contributed by atoms with Gasteiger partial charge in [-0.05, 0) is 18.6 Å². The van der Waals surface area contributed by atoms with Crippen LogP contribution in [-0.2, 0) is 0 Å². The monoisotopic (exact) mass is 181 g/mol. The van der Waals surface area contributed by atoms with Gasteiger partial charge in [0.2, 0.25) is 0 Å². The van der Waals surface area contributed by atoms with Gasteiger partial charge in [0.25, 0.3) is 0 Å². The summed E-state index contributed by atoms with van der Waals surface area (Å²) in [6.07, 6.45) is 1.13. The molecular weight excluding hydrogens is 169 g/mol. The van der Waals surface area contributed by atoms with Crippen LogP contribution in [0.2, 0.25) is 0 Å². The molecule has 13 heavy (non-hydrogen) atoms. The standard InChI is InChI=1S/C9H12FN3/c1-5-2-3-6(10)8(9(5)13)7(12)4-11/h2-4H,11-13H2,1H3/b7-4+. The molecule has 0 aromatic heterocycles. The van der Waals surface area contributed by atoms with E-state index in [-0.39, 0.29) is 11.3 Å². The number of rotatable bonds is 1. The Labute approximate surface area is 76.0 Å². The van der Waals surface area contributed by atoms with Gasteiger partial charge in [-0.1, -0.05) is 6.07 Å². The Balaban J connectivity index is 3.42. The molecule has 1 rings (SSSR count). The van der Waals surface area contributed by atoms with Crippen LogP contribution in [0.3, 0.4) is 0 Å². The second kappa shape index (κ2) is 3.35. The maximum atomic E-state index is 13.2. The van der Waals surface area contributed by atoms with Gasteiger partial charge in [0.1, 0.15) is 5.82 Å². The zero-order chi connectivity index (χ0) is 10.0. The molecule has 4 heteroatoms. The lowest BCUT2D eigenvalue weighted by atomic mass is 10.1. The van der Waals surface area contributed by atoms with Crippen LogP contribution in [-0.4, -0.2) is 0 Å². The van der Waals surface area contributed by atoms with Crippen molar-refractivity contribution in [2.24, 2.45) is 11.5 Å². The van der Waals surface area contributed by atoms with E-state index in [0.717, 1.165) is 11.8 Å². The lowest BCUT2D eigenvalue weighted by Crippen LogP contribution is -2.07. The summed E-state index contributed by atoms with van der Waals surface area (Å²) < 4.78 is 13.2. The Bertz CT molecular complexity index is 358. The Hall–Kier alpha value is -1.71. The van der Waals surface area contributed by atoms with Gasteiger partial charge in [0.05, 0.1) is 11.3 Å². The minimum absolute atomic E-state index is 0.152. The second-order valence-electron chi connectivity index (χ2n) is 2.77. The first kappa shape index (κ1) is 9.38. The smallest absolute Gasteiger partial charge is 0.134 e. The van der Waals surface area contributed by atoms with Crippen molar-refractivity contribution >= 4 is 11.4 Å². The lowest BCUT2D eigenvalue weighted by molar-refractivity contribution is 0.624. The molecule has 6 N–H and O–H groups in total. The van der Waals surface area contributed by atoms with E-state index in [1.54, 1.807) is 13.0 Å². The fraction of sp³-hybridized carbons (Fsp3) is 0.111. The van der Waals surface area contributed by atoms with Crippen molar-refractivity contribution in [2.45, 2.75) is 6.92 Å². The topological polar surface area (TPSA) is 78.1 Å². The van der Waals surface area contributed by atoms with Gasteiger partial charge in [-0.25, -0.2) is 4.39 Å². The fourth-order valence-electron chi connectivity index (χ4n) is 1.07. The summed E-state index contributed by atoms with van der Waals surface area (Å²) in [5, 5.41) is 0. The third-order valence-corrected chi connectivity index (χ3v) is 1.88. The van der Waals surface area contributed by atoms with Crippen molar-refractivity contribution in [3.63, 3.8) is 0 Å². The van der Waals surface area contributed by atoms with Crippen LogP contribution >= 0.6 is 0 Å². The van der Waals surface area contributed by atoms with Gasteiger partial charge in [0, 0.05) is 11.9 Å². The van der Waals surface area contributed by atoms with E-state index < -0.39 is 5.82 Å². The van der Waals surface area contributed by atoms with Crippen molar-refractivity contribution < 1.29 is 4.39 Å². The van der Waals surface area contributed by atoms with Crippen molar-refractivity contribution in [1.29, 1.82) is 0 Å². The predicted octanol–water partition coefficient (Wildman–Crippen LogP) is 0.932. The second-order valence-corrected chi connectivity index (χ2v) is 2.77. The summed E-state index contributed by atoms with van der Waals surface area (Å²) in [5.74, 6) is -0.456. The van der Waals surface area contributed by atoms with Gasteiger partial charge in [-0.15, -0.1) is 0 Å². The van der Waals surface area contributed by atoms with Gasteiger partial charge in [0.15, 0.2) is 0 Å². The highest BCUT2D eigenvalue weighted by atomic mass is 19.1. The molecule has 0 fully saturated rings. The number of aryl methyl sites for hydroxylation is 1. The van der Waals surface area contributed by atoms with Gasteiger partial charge in [-0.3, -0.25) is 0 Å². The Morgan fingerprint density at radius 3 is 2.62 bits per heavy atom. The molecule has 70 valence electrons. The maximum absolute atomic E-state index is 13.2. The summed E-state index contributed by atoms with van der Waals surface area (Å²) in [6, 6.07) is 2.91. The molecule has 1 aromatic rings. The molecular formula is C9H12FN3. The van der Waals surface area contributed by atoms with Crippen molar-refractivity contribution in [3.8, 4) is 0 Å². The Kier molecular flexibility index (Phi) is 2.41. The van der Waals surface area contributed by atoms with Crippen LogP contribution in [0.1, 0.15) is 11.1 Å². The third-order valence-electron chi connectivity index (χ3n) is 1.88. The van der Waals surface area contributed by atoms with E-state index in [4.69, 9.17) is 17.2 Å². The number of halogens is 1. The zero-order valence-corrected chi connectivity index (χ0v) is 7.34. The van der Waals surface area contributed by atoms with Crippen LogP contribution in [0.15, 0.2) is 18.3 Å². The van der Waals surface area contributed by atoms with Crippen LogP contribution in [0.25, 0.3) is 5.70 Å². The number of hydrogen-bond acceptors (Lipinski definition) is 3. The summed E-state index contributed by atoms with van der Waals surface area (Å²) in [5.41, 5.74) is 17.8. The fourth-order valence-corrected chi connectivity index (χ4v) is 1.07. The summed E-state index contributed by atoms with van der Waals surface area (Å²) >= 11 is 0. The first-order chi connectivity index (χ1) is 6.07. The molecule has 3 nitrogen and oxygen atoms in total. The Morgan fingerprint density at radius 2 is 2.08 bits per heavy atom. The summed E-state index contributed by atoms with van der Waals surface area (Å²) in [7, 11) is 0. The van der Waals surface area contributed by atoms with Crippen molar-refractivity contribution in [1.82, 2.24) is 0 Å². The van der Waals surface area contributed by atoms with Crippen LogP contribution in [0.4, 0.5) is 10.1 Å². The summed E-state index contributed by atoms with van der Waals surface area (Å²) in [6.45, 7) is 1.78. The Morgan fingerprint density at radius 1 is 1.46 bits per heavy atom. The first-order valence-corrected chi connectivity index (χ1v) is 3.80. The molecule has 0 aliphatic carbocycles. The molecule has 0 aliphatic heterocycles. The average molecular weight is 181 g/mol. The molecule has 0 heterocycles. The highest BCUT2D eigenvalue weighted by Crippen LogP contribution is 2.24. The molecule has 0 saturated carbocycles. The number of hydrogen-bond donors (Lipinski definition) is 3. The molecule has 0 atom stereocenters. The number of benzene rings is 1. The molecule has 1 aromatic carbocycles. The van der Waals surface area contributed by atoms with Gasteiger partial charge in [-0.2, -0.15) is 0 Å². The quantitative estimate of drug-likeness (QED) is 0.564. The first-order valence-electron chi connectivity index (χ1n) is 3.80. The molecule has 0 amide bonds. The SMILES string of the molecule is Cc1ccc(F)c(/C(N)=C\N)c1N. The van der Waals surface area contributed by atoms with E-state index in [2.05, 4.69) is 0 Å². The largest absolute Gasteiger partial charge is 0.403 e. The zero-order valence-electron chi connectivity index (χ0n) is 7.34. The molecule has 0 aliphatic rings. The van der Waals surface area contributed by atoms with Gasteiger partial charge < -0.3 is 17.2 Å². The van der Waals surface area contributed by atoms with Crippen LogP contribution in [0.5, 0.6) is 0 Å². The van der Waals surface area contributed by atoms with E-state index >= 15 is 0 Å². The molecule has 0 bridgehead atoms. The van der Waals surface area contributed by atoms with E-state index in [0.29, 0.717) is 5.69 Å². The molecule has 0 radical (unpaired) electrons. The minimum Gasteiger partial charge on any atom is -0.403 e. The highest BCUT2D eigenvalue weighted by Gasteiger charge is 2.10. The van der Waals surface area contributed by atoms with Gasteiger partial charge >= 0.3 is 0 Å². The lowest BCUT2D eigenvalue weighted by Gasteiger charge is -2.09. The minimum atomic E-state index is -0.456. The number of nitrogens with two attached hydrogens (primary N) is 3. The van der Waals surface area contributed by atoms with Crippen LogP contribution < -0.4 is 17.2 Å². The van der Waals surface area contributed by atoms with E-state index in [1.165, 1.54) is 6.07 Å². The van der Waals surface area contributed by atoms with Crippen molar-refractivity contribution in [2.75, 3.05) is 5.73 Å². The van der Waals surface area contributed by atoms with E-state index in [9.17, 15) is 4.39 Å². The molecule has 0 saturated heterocycles. The molecule has 0 spiro atoms. The third kappa shape index (κ3) is 1.56. The number of nitrogen functional groups attached to an aromatic ring is 1.